The summed E-state index contributed by atoms with van der Waals surface area (Å²) in [4.78, 5) is 15.5. The first-order valence-corrected chi connectivity index (χ1v) is 9.74. The summed E-state index contributed by atoms with van der Waals surface area (Å²) in [6.07, 6.45) is 6.70. The number of fused-ring (bicyclic) bond motifs is 1. The molecule has 0 amide bonds. The molecule has 1 heterocycles. The zero-order valence-corrected chi connectivity index (χ0v) is 17.2. The van der Waals surface area contributed by atoms with Crippen LogP contribution in [0.25, 0.3) is 10.9 Å². The summed E-state index contributed by atoms with van der Waals surface area (Å²) in [7, 11) is 1.52. The largest absolute Gasteiger partial charge is 0.493 e. The standard InChI is InChI=1S/C25H19N3O4/c1-3-17-10-7-11-19(12-17)27-25-20-13-23(31-2)24(32-16-18-8-5-4-6-9-18)14-21(20)26-15-22(25)28(29)30/h1,4-15H,16H2,2H3,(H,26,27). The minimum absolute atomic E-state index is 0.163. The molecule has 0 fully saturated rings. The Balaban J connectivity index is 1.78. The fraction of sp³-hybridized carbons (Fsp3) is 0.0800. The maximum atomic E-state index is 11.7. The number of nitro groups is 1. The van der Waals surface area contributed by atoms with Crippen molar-refractivity contribution in [1.82, 2.24) is 4.98 Å². The smallest absolute Gasteiger partial charge is 0.311 e. The van der Waals surface area contributed by atoms with E-state index in [0.29, 0.717) is 45.9 Å². The normalized spacial score (nSPS) is 10.4. The number of aromatic nitrogens is 1. The van der Waals surface area contributed by atoms with Gasteiger partial charge in [-0.1, -0.05) is 42.3 Å². The molecular formula is C25H19N3O4. The van der Waals surface area contributed by atoms with Gasteiger partial charge in [-0.15, -0.1) is 6.42 Å². The SMILES string of the molecule is C#Cc1cccc(Nc2c([N+](=O)[O-])cnc3cc(OCc4ccccc4)c(OC)cc23)c1. The van der Waals surface area contributed by atoms with Gasteiger partial charge >= 0.3 is 5.69 Å². The molecule has 0 saturated heterocycles. The van der Waals surface area contributed by atoms with Crippen LogP contribution >= 0.6 is 0 Å². The second-order valence-electron chi connectivity index (χ2n) is 6.92. The Kier molecular flexibility index (Phi) is 5.86. The first-order valence-electron chi connectivity index (χ1n) is 9.74. The molecule has 32 heavy (non-hydrogen) atoms. The third-order valence-corrected chi connectivity index (χ3v) is 4.87. The van der Waals surface area contributed by atoms with Gasteiger partial charge in [-0.2, -0.15) is 0 Å². The van der Waals surface area contributed by atoms with Crippen LogP contribution in [-0.4, -0.2) is 17.0 Å². The molecule has 4 aromatic rings. The molecule has 0 saturated carbocycles. The highest BCUT2D eigenvalue weighted by Gasteiger charge is 2.21. The number of nitrogens with zero attached hydrogens (tertiary/aromatic N) is 2. The number of anilines is 2. The summed E-state index contributed by atoms with van der Waals surface area (Å²) in [5, 5.41) is 15.3. The van der Waals surface area contributed by atoms with Crippen LogP contribution in [0.5, 0.6) is 11.5 Å². The molecule has 0 unspecified atom stereocenters. The Labute approximate surface area is 184 Å². The van der Waals surface area contributed by atoms with Crippen LogP contribution in [0.2, 0.25) is 0 Å². The Hall–Kier alpha value is -4.57. The van der Waals surface area contributed by atoms with E-state index in [1.807, 2.05) is 30.3 Å². The minimum atomic E-state index is -0.480. The van der Waals surface area contributed by atoms with Crippen LogP contribution in [0.3, 0.4) is 0 Å². The van der Waals surface area contributed by atoms with Gasteiger partial charge in [0.25, 0.3) is 0 Å². The van der Waals surface area contributed by atoms with E-state index < -0.39 is 4.92 Å². The monoisotopic (exact) mass is 425 g/mol. The topological polar surface area (TPSA) is 86.5 Å². The molecule has 0 spiro atoms. The van der Waals surface area contributed by atoms with E-state index in [4.69, 9.17) is 15.9 Å². The van der Waals surface area contributed by atoms with Crippen molar-refractivity contribution in [2.75, 3.05) is 12.4 Å². The van der Waals surface area contributed by atoms with E-state index in [-0.39, 0.29) is 5.69 Å². The van der Waals surface area contributed by atoms with Crippen LogP contribution in [-0.2, 0) is 6.61 Å². The zero-order chi connectivity index (χ0) is 22.5. The van der Waals surface area contributed by atoms with Crippen molar-refractivity contribution in [2.24, 2.45) is 0 Å². The van der Waals surface area contributed by atoms with Gasteiger partial charge in [-0.25, -0.2) is 4.98 Å². The average molecular weight is 425 g/mol. The minimum Gasteiger partial charge on any atom is -0.493 e. The van der Waals surface area contributed by atoms with E-state index in [9.17, 15) is 10.1 Å². The van der Waals surface area contributed by atoms with Gasteiger partial charge in [0.1, 0.15) is 18.5 Å². The van der Waals surface area contributed by atoms with Gasteiger partial charge in [-0.05, 0) is 29.8 Å². The summed E-state index contributed by atoms with van der Waals surface area (Å²) in [6.45, 7) is 0.347. The van der Waals surface area contributed by atoms with Gasteiger partial charge in [0, 0.05) is 22.7 Å². The second kappa shape index (κ2) is 9.06. The van der Waals surface area contributed by atoms with Crippen LogP contribution in [0.1, 0.15) is 11.1 Å². The lowest BCUT2D eigenvalue weighted by molar-refractivity contribution is -0.384. The summed E-state index contributed by atoms with van der Waals surface area (Å²) in [5.74, 6) is 3.49. The van der Waals surface area contributed by atoms with Crippen molar-refractivity contribution >= 4 is 28.0 Å². The van der Waals surface area contributed by atoms with Gasteiger partial charge in [0.2, 0.25) is 0 Å². The third kappa shape index (κ3) is 4.30. The first-order chi connectivity index (χ1) is 15.6. The van der Waals surface area contributed by atoms with Crippen LogP contribution < -0.4 is 14.8 Å². The zero-order valence-electron chi connectivity index (χ0n) is 17.2. The molecule has 4 rings (SSSR count). The number of terminal acetylenes is 1. The van der Waals surface area contributed by atoms with Crippen molar-refractivity contribution in [3.63, 3.8) is 0 Å². The molecular weight excluding hydrogens is 406 g/mol. The number of methoxy groups -OCH3 is 1. The molecule has 0 aliphatic heterocycles. The molecule has 0 bridgehead atoms. The first kappa shape index (κ1) is 20.7. The summed E-state index contributed by atoms with van der Waals surface area (Å²) in [5.41, 5.74) is 2.94. The maximum absolute atomic E-state index is 11.7. The Morgan fingerprint density at radius 1 is 1.09 bits per heavy atom. The van der Waals surface area contributed by atoms with E-state index in [1.54, 1.807) is 36.4 Å². The van der Waals surface area contributed by atoms with Crippen LogP contribution in [0.15, 0.2) is 72.9 Å². The van der Waals surface area contributed by atoms with E-state index >= 15 is 0 Å². The van der Waals surface area contributed by atoms with E-state index in [0.717, 1.165) is 5.56 Å². The fourth-order valence-electron chi connectivity index (χ4n) is 3.30. The third-order valence-electron chi connectivity index (χ3n) is 4.87. The van der Waals surface area contributed by atoms with E-state index in [2.05, 4.69) is 16.2 Å². The fourth-order valence-corrected chi connectivity index (χ4v) is 3.30. The number of hydrogen-bond donors (Lipinski definition) is 1. The van der Waals surface area contributed by atoms with Gasteiger partial charge < -0.3 is 14.8 Å². The highest BCUT2D eigenvalue weighted by molar-refractivity contribution is 5.99. The Morgan fingerprint density at radius 2 is 1.91 bits per heavy atom. The Bertz CT molecular complexity index is 1330. The molecule has 7 heteroatoms. The van der Waals surface area contributed by atoms with Gasteiger partial charge in [0.05, 0.1) is 17.5 Å². The van der Waals surface area contributed by atoms with Crippen LogP contribution in [0, 0.1) is 22.5 Å². The predicted octanol–water partition coefficient (Wildman–Crippen LogP) is 5.46. The molecule has 0 aliphatic carbocycles. The van der Waals surface area contributed by atoms with Crippen LogP contribution in [0.4, 0.5) is 17.1 Å². The molecule has 3 aromatic carbocycles. The summed E-state index contributed by atoms with van der Waals surface area (Å²) >= 11 is 0. The lowest BCUT2D eigenvalue weighted by atomic mass is 10.1. The molecule has 0 atom stereocenters. The number of rotatable bonds is 7. The van der Waals surface area contributed by atoms with Gasteiger partial charge in [0.15, 0.2) is 11.5 Å². The van der Waals surface area contributed by atoms with Crippen molar-refractivity contribution in [2.45, 2.75) is 6.61 Å². The quantitative estimate of drug-likeness (QED) is 0.241. The van der Waals surface area contributed by atoms with Crippen molar-refractivity contribution < 1.29 is 14.4 Å². The molecule has 1 N–H and O–H groups in total. The second-order valence-corrected chi connectivity index (χ2v) is 6.92. The number of hydrogen-bond acceptors (Lipinski definition) is 6. The Morgan fingerprint density at radius 3 is 2.62 bits per heavy atom. The van der Waals surface area contributed by atoms with E-state index in [1.165, 1.54) is 13.3 Å². The number of nitrogens with one attached hydrogen (secondary N) is 1. The molecule has 0 aliphatic rings. The lowest BCUT2D eigenvalue weighted by Crippen LogP contribution is -2.02. The maximum Gasteiger partial charge on any atom is 0.311 e. The van der Waals surface area contributed by atoms with Crippen molar-refractivity contribution in [3.05, 3.63) is 94.2 Å². The lowest BCUT2D eigenvalue weighted by Gasteiger charge is -2.15. The molecule has 0 radical (unpaired) electrons. The number of benzene rings is 3. The molecule has 158 valence electrons. The molecule has 1 aromatic heterocycles. The van der Waals surface area contributed by atoms with Crippen molar-refractivity contribution in [1.29, 1.82) is 0 Å². The number of pyridine rings is 1. The average Bonchev–Trinajstić information content (AvgIpc) is 2.83. The molecule has 7 nitrogen and oxygen atoms in total. The highest BCUT2D eigenvalue weighted by atomic mass is 16.6. The predicted molar refractivity (Wildman–Crippen MR) is 123 cm³/mol. The summed E-state index contributed by atoms with van der Waals surface area (Å²) < 4.78 is 11.5. The van der Waals surface area contributed by atoms with Gasteiger partial charge in [-0.3, -0.25) is 10.1 Å². The highest BCUT2D eigenvalue weighted by Crippen LogP contribution is 2.40. The van der Waals surface area contributed by atoms with Crippen molar-refractivity contribution in [3.8, 4) is 23.8 Å². The summed E-state index contributed by atoms with van der Waals surface area (Å²) in [6, 6.07) is 20.2. The number of ether oxygens (including phenoxy) is 2.